The van der Waals surface area contributed by atoms with Crippen molar-refractivity contribution in [2.24, 2.45) is 7.05 Å². The minimum atomic E-state index is -0.536. The van der Waals surface area contributed by atoms with Gasteiger partial charge in [-0.05, 0) is 6.42 Å². The lowest BCUT2D eigenvalue weighted by molar-refractivity contribution is 0.131. The van der Waals surface area contributed by atoms with Gasteiger partial charge in [-0.1, -0.05) is 18.7 Å². The predicted molar refractivity (Wildman–Crippen MR) is 90.0 cm³/mol. The van der Waals surface area contributed by atoms with Crippen LogP contribution in [0, 0.1) is 0 Å². The summed E-state index contributed by atoms with van der Waals surface area (Å²) in [7, 11) is 4.82. The Labute approximate surface area is 146 Å². The highest BCUT2D eigenvalue weighted by molar-refractivity contribution is 7.99. The molecule has 0 aliphatic rings. The number of aromatic nitrogens is 2. The van der Waals surface area contributed by atoms with E-state index in [4.69, 9.17) is 9.47 Å². The molecule has 0 saturated heterocycles. The standard InChI is InChI=1S/C13H22N4O4S.ClH/c1-5-6-22-11-16-9(7-20-12(18)14-2)10(17(11)4)8-21-13(19)15-3;/h5-8H2,1-4H3,(H,14,18)(H,15,19);1H. The predicted octanol–water partition coefficient (Wildman–Crippen LogP) is 2.06. The van der Waals surface area contributed by atoms with Gasteiger partial charge in [0.1, 0.15) is 18.9 Å². The van der Waals surface area contributed by atoms with Crippen LogP contribution < -0.4 is 10.6 Å². The van der Waals surface area contributed by atoms with Gasteiger partial charge in [0.15, 0.2) is 5.16 Å². The lowest BCUT2D eigenvalue weighted by atomic mass is 10.3. The van der Waals surface area contributed by atoms with Crippen LogP contribution in [0.2, 0.25) is 0 Å². The minimum absolute atomic E-state index is 0. The molecule has 0 fully saturated rings. The zero-order chi connectivity index (χ0) is 16.5. The third-order valence-corrected chi connectivity index (χ3v) is 4.01. The van der Waals surface area contributed by atoms with Crippen LogP contribution in [0.4, 0.5) is 9.59 Å². The summed E-state index contributed by atoms with van der Waals surface area (Å²) in [5.41, 5.74) is 1.28. The van der Waals surface area contributed by atoms with E-state index in [0.29, 0.717) is 11.4 Å². The van der Waals surface area contributed by atoms with Crippen molar-refractivity contribution in [3.8, 4) is 0 Å². The number of halogens is 1. The molecule has 23 heavy (non-hydrogen) atoms. The number of hydrogen-bond acceptors (Lipinski definition) is 6. The lowest BCUT2D eigenvalue weighted by Crippen LogP contribution is -2.21. The molecule has 1 aromatic rings. The first-order valence-corrected chi connectivity index (χ1v) is 7.88. The molecule has 0 aromatic carbocycles. The monoisotopic (exact) mass is 366 g/mol. The molecule has 8 nitrogen and oxygen atoms in total. The van der Waals surface area contributed by atoms with E-state index < -0.39 is 12.2 Å². The molecule has 2 N–H and O–H groups in total. The molecular weight excluding hydrogens is 344 g/mol. The fourth-order valence-electron chi connectivity index (χ4n) is 1.59. The first kappa shape index (κ1) is 21.4. The molecule has 0 aliphatic carbocycles. The molecule has 2 amide bonds. The summed E-state index contributed by atoms with van der Waals surface area (Å²) in [5, 5.41) is 5.56. The number of nitrogens with one attached hydrogen (secondary N) is 2. The molecule has 0 aliphatic heterocycles. The lowest BCUT2D eigenvalue weighted by Gasteiger charge is -2.08. The molecule has 1 rings (SSSR count). The van der Waals surface area contributed by atoms with E-state index in [1.54, 1.807) is 11.8 Å². The van der Waals surface area contributed by atoms with Crippen LogP contribution in [0.1, 0.15) is 24.7 Å². The van der Waals surface area contributed by atoms with E-state index in [2.05, 4.69) is 22.5 Å². The molecular formula is C13H23ClN4O4S. The quantitative estimate of drug-likeness (QED) is 0.717. The summed E-state index contributed by atoms with van der Waals surface area (Å²) in [4.78, 5) is 26.9. The number of carbonyl (C=O) groups excluding carboxylic acids is 2. The summed E-state index contributed by atoms with van der Waals surface area (Å²) >= 11 is 1.60. The van der Waals surface area contributed by atoms with Crippen molar-refractivity contribution in [2.45, 2.75) is 31.7 Å². The molecule has 1 aromatic heterocycles. The van der Waals surface area contributed by atoms with Gasteiger partial charge in [0, 0.05) is 26.9 Å². The average Bonchev–Trinajstić information content (AvgIpc) is 2.83. The van der Waals surface area contributed by atoms with Gasteiger partial charge >= 0.3 is 12.2 Å². The molecule has 132 valence electrons. The van der Waals surface area contributed by atoms with Crippen molar-refractivity contribution in [2.75, 3.05) is 19.8 Å². The maximum atomic E-state index is 11.2. The van der Waals surface area contributed by atoms with Crippen molar-refractivity contribution in [3.05, 3.63) is 11.4 Å². The number of thioether (sulfide) groups is 1. The number of nitrogens with zero attached hydrogens (tertiary/aromatic N) is 2. The van der Waals surface area contributed by atoms with Gasteiger partial charge in [-0.3, -0.25) is 0 Å². The van der Waals surface area contributed by atoms with Crippen LogP contribution in [0.25, 0.3) is 0 Å². The van der Waals surface area contributed by atoms with Crippen molar-refractivity contribution < 1.29 is 19.1 Å². The van der Waals surface area contributed by atoms with Crippen molar-refractivity contribution in [1.82, 2.24) is 20.2 Å². The first-order chi connectivity index (χ1) is 10.5. The fourth-order valence-corrected chi connectivity index (χ4v) is 2.46. The highest BCUT2D eigenvalue weighted by atomic mass is 35.5. The molecule has 0 bridgehead atoms. The Kier molecular flexibility index (Phi) is 10.2. The summed E-state index contributed by atoms with van der Waals surface area (Å²) in [6, 6.07) is 0. The van der Waals surface area contributed by atoms with Crippen LogP contribution in [-0.4, -0.2) is 41.6 Å². The van der Waals surface area contributed by atoms with E-state index in [0.717, 1.165) is 17.3 Å². The normalized spacial score (nSPS) is 9.74. The molecule has 0 spiro atoms. The van der Waals surface area contributed by atoms with Crippen LogP contribution >= 0.6 is 24.2 Å². The summed E-state index contributed by atoms with van der Waals surface area (Å²) in [6.45, 7) is 2.16. The zero-order valence-electron chi connectivity index (χ0n) is 13.7. The second kappa shape index (κ2) is 11.0. The number of rotatable bonds is 7. The summed E-state index contributed by atoms with van der Waals surface area (Å²) in [5.74, 6) is 0.927. The molecule has 10 heteroatoms. The van der Waals surface area contributed by atoms with Crippen LogP contribution in [-0.2, 0) is 29.7 Å². The third kappa shape index (κ3) is 6.57. The first-order valence-electron chi connectivity index (χ1n) is 6.89. The number of amides is 2. The van der Waals surface area contributed by atoms with E-state index in [9.17, 15) is 9.59 Å². The summed E-state index contributed by atoms with van der Waals surface area (Å²) in [6.07, 6.45) is -0.0419. The largest absolute Gasteiger partial charge is 0.443 e. The van der Waals surface area contributed by atoms with Crippen molar-refractivity contribution >= 4 is 36.4 Å². The number of ether oxygens (including phenoxy) is 2. The maximum Gasteiger partial charge on any atom is 0.407 e. The number of carbonyl (C=O) groups is 2. The van der Waals surface area contributed by atoms with Gasteiger partial charge in [-0.25, -0.2) is 14.6 Å². The Balaban J connectivity index is 0.00000484. The Bertz CT molecular complexity index is 524. The van der Waals surface area contributed by atoms with Gasteiger partial charge in [-0.15, -0.1) is 12.4 Å². The zero-order valence-corrected chi connectivity index (χ0v) is 15.3. The Hall–Kier alpha value is -1.61. The average molecular weight is 367 g/mol. The Morgan fingerprint density at radius 3 is 2.26 bits per heavy atom. The third-order valence-electron chi connectivity index (χ3n) is 2.78. The molecule has 0 radical (unpaired) electrons. The topological polar surface area (TPSA) is 94.5 Å². The SMILES string of the molecule is CCCSc1nc(COC(=O)NC)c(COC(=O)NC)n1C.Cl. The smallest absolute Gasteiger partial charge is 0.407 e. The number of hydrogen-bond donors (Lipinski definition) is 2. The van der Waals surface area contributed by atoms with E-state index in [1.165, 1.54) is 14.1 Å². The number of alkyl carbamates (subject to hydrolysis) is 2. The minimum Gasteiger partial charge on any atom is -0.443 e. The van der Waals surface area contributed by atoms with Gasteiger partial charge in [0.05, 0.1) is 5.69 Å². The van der Waals surface area contributed by atoms with E-state index >= 15 is 0 Å². The number of imidazole rings is 1. The van der Waals surface area contributed by atoms with Gasteiger partial charge in [0.25, 0.3) is 0 Å². The summed E-state index contributed by atoms with van der Waals surface area (Å²) < 4.78 is 12.0. The van der Waals surface area contributed by atoms with Crippen LogP contribution in [0.15, 0.2) is 5.16 Å². The molecule has 0 saturated carbocycles. The highest BCUT2D eigenvalue weighted by Gasteiger charge is 2.17. The van der Waals surface area contributed by atoms with E-state index in [-0.39, 0.29) is 25.6 Å². The van der Waals surface area contributed by atoms with Crippen LogP contribution in [0.5, 0.6) is 0 Å². The van der Waals surface area contributed by atoms with Crippen molar-refractivity contribution in [3.63, 3.8) is 0 Å². The maximum absolute atomic E-state index is 11.2. The van der Waals surface area contributed by atoms with Gasteiger partial charge in [-0.2, -0.15) is 0 Å². The molecule has 0 atom stereocenters. The Morgan fingerprint density at radius 2 is 1.74 bits per heavy atom. The molecule has 0 unspecified atom stereocenters. The second-order valence-electron chi connectivity index (χ2n) is 4.35. The van der Waals surface area contributed by atoms with Gasteiger partial charge < -0.3 is 24.7 Å². The molecule has 1 heterocycles. The van der Waals surface area contributed by atoms with Gasteiger partial charge in [0.2, 0.25) is 0 Å². The fraction of sp³-hybridized carbons (Fsp3) is 0.615. The van der Waals surface area contributed by atoms with Crippen molar-refractivity contribution in [1.29, 1.82) is 0 Å². The van der Waals surface area contributed by atoms with Crippen LogP contribution in [0.3, 0.4) is 0 Å². The highest BCUT2D eigenvalue weighted by Crippen LogP contribution is 2.22. The van der Waals surface area contributed by atoms with E-state index in [1.807, 2.05) is 11.6 Å². The Morgan fingerprint density at radius 1 is 1.17 bits per heavy atom. The second-order valence-corrected chi connectivity index (χ2v) is 5.41.